The van der Waals surface area contributed by atoms with E-state index in [4.69, 9.17) is 10.1 Å². The molecular weight excluding hydrogens is 354 g/mol. The third-order valence-corrected chi connectivity index (χ3v) is 6.83. The molecule has 6 nitrogen and oxygen atoms in total. The molecule has 1 N–H and O–H groups in total. The predicted octanol–water partition coefficient (Wildman–Crippen LogP) is 2.66. The van der Waals surface area contributed by atoms with Gasteiger partial charge in [0.1, 0.15) is 11.5 Å². The van der Waals surface area contributed by atoms with Gasteiger partial charge in [0.05, 0.1) is 0 Å². The summed E-state index contributed by atoms with van der Waals surface area (Å²) < 4.78 is 28.9. The van der Waals surface area contributed by atoms with Gasteiger partial charge in [0.15, 0.2) is 0 Å². The van der Waals surface area contributed by atoms with E-state index in [-0.39, 0.29) is 24.5 Å². The van der Waals surface area contributed by atoms with Crippen LogP contribution in [0.1, 0.15) is 43.4 Å². The average Bonchev–Trinajstić information content (AvgIpc) is 3.27. The molecule has 4 fully saturated rings. The highest BCUT2D eigenvalue weighted by Gasteiger charge is 2.50. The first-order valence-corrected chi connectivity index (χ1v) is 9.93. The summed E-state index contributed by atoms with van der Waals surface area (Å²) in [4.78, 5) is 24.2. The van der Waals surface area contributed by atoms with Crippen LogP contribution in [-0.4, -0.2) is 47.2 Å². The maximum atomic E-state index is 14.4. The fourth-order valence-electron chi connectivity index (χ4n) is 5.41. The summed E-state index contributed by atoms with van der Waals surface area (Å²) in [5, 5.41) is 9.11. The van der Waals surface area contributed by atoms with Crippen molar-refractivity contribution >= 4 is 17.7 Å². The molecule has 0 unspecified atom stereocenters. The molecule has 0 radical (unpaired) electrons. The Bertz CT molecular complexity index is 769. The van der Waals surface area contributed by atoms with E-state index >= 15 is 0 Å². The van der Waals surface area contributed by atoms with Gasteiger partial charge < -0.3 is 14.9 Å². The van der Waals surface area contributed by atoms with Gasteiger partial charge in [0.25, 0.3) is 5.92 Å². The number of piperidine rings is 2. The molecule has 3 aliphatic heterocycles. The molecule has 5 aliphatic rings. The highest BCUT2D eigenvalue weighted by Crippen LogP contribution is 2.50. The molecule has 0 amide bonds. The fourth-order valence-corrected chi connectivity index (χ4v) is 5.41. The van der Waals surface area contributed by atoms with Crippen LogP contribution >= 0.6 is 0 Å². The zero-order valence-electron chi connectivity index (χ0n) is 15.2. The van der Waals surface area contributed by atoms with E-state index in [1.54, 1.807) is 0 Å². The van der Waals surface area contributed by atoms with Crippen LogP contribution in [-0.2, 0) is 17.1 Å². The summed E-state index contributed by atoms with van der Waals surface area (Å²) in [5.74, 6) is -1.67. The van der Waals surface area contributed by atoms with Crippen LogP contribution in [0.5, 0.6) is 0 Å². The number of carboxylic acids is 1. The number of carboxylic acid groups (broad SMARTS) is 1. The second-order valence-corrected chi connectivity index (χ2v) is 8.50. The highest BCUT2D eigenvalue weighted by atomic mass is 19.3. The zero-order chi connectivity index (χ0) is 18.8. The van der Waals surface area contributed by atoms with Gasteiger partial charge in [-0.15, -0.1) is 0 Å². The largest absolute Gasteiger partial charge is 0.481 e. The first-order chi connectivity index (χ1) is 12.9. The Morgan fingerprint density at radius 2 is 1.85 bits per heavy atom. The van der Waals surface area contributed by atoms with Crippen molar-refractivity contribution in [1.29, 1.82) is 0 Å². The molecule has 1 aromatic heterocycles. The van der Waals surface area contributed by atoms with Gasteiger partial charge in [-0.05, 0) is 43.4 Å². The molecule has 4 heterocycles. The summed E-state index contributed by atoms with van der Waals surface area (Å²) in [6.07, 6.45) is 3.44. The molecule has 6 rings (SSSR count). The van der Waals surface area contributed by atoms with Gasteiger partial charge in [-0.3, -0.25) is 4.79 Å². The van der Waals surface area contributed by atoms with E-state index in [0.717, 1.165) is 32.4 Å². The van der Waals surface area contributed by atoms with Crippen molar-refractivity contribution in [2.24, 2.45) is 17.8 Å². The number of aromatic nitrogens is 2. The third-order valence-electron chi connectivity index (χ3n) is 6.83. The van der Waals surface area contributed by atoms with Crippen LogP contribution in [0, 0.1) is 17.8 Å². The number of alkyl halides is 2. The zero-order valence-corrected chi connectivity index (χ0v) is 15.2. The van der Waals surface area contributed by atoms with Crippen molar-refractivity contribution < 1.29 is 18.7 Å². The molecule has 1 saturated carbocycles. The number of carbonyl (C=O) groups is 1. The summed E-state index contributed by atoms with van der Waals surface area (Å²) in [6, 6.07) is 0. The number of anilines is 2. The number of nitrogens with zero attached hydrogens (tertiary/aromatic N) is 4. The van der Waals surface area contributed by atoms with E-state index in [0.29, 0.717) is 48.7 Å². The van der Waals surface area contributed by atoms with E-state index in [1.165, 1.54) is 0 Å². The summed E-state index contributed by atoms with van der Waals surface area (Å²) in [6.45, 7) is 3.05. The lowest BCUT2D eigenvalue weighted by Gasteiger charge is -2.54. The quantitative estimate of drug-likeness (QED) is 0.869. The molecule has 8 heteroatoms. The molecule has 1 aromatic rings. The third kappa shape index (κ3) is 2.75. The number of hydrogen-bond donors (Lipinski definition) is 1. The van der Waals surface area contributed by atoms with Crippen molar-refractivity contribution in [3.05, 3.63) is 11.3 Å². The van der Waals surface area contributed by atoms with Crippen molar-refractivity contribution in [2.75, 3.05) is 36.0 Å². The molecule has 146 valence electrons. The monoisotopic (exact) mass is 378 g/mol. The molecular formula is C19H24F2N4O2. The van der Waals surface area contributed by atoms with E-state index < -0.39 is 11.9 Å². The van der Waals surface area contributed by atoms with Crippen molar-refractivity contribution in [3.8, 4) is 0 Å². The van der Waals surface area contributed by atoms with Crippen molar-refractivity contribution in [1.82, 2.24) is 9.97 Å². The summed E-state index contributed by atoms with van der Waals surface area (Å²) in [7, 11) is 0. The average molecular weight is 378 g/mol. The number of aliphatic carboxylic acids is 1. The Labute approximate surface area is 156 Å². The van der Waals surface area contributed by atoms with Crippen LogP contribution in [0.2, 0.25) is 0 Å². The first-order valence-electron chi connectivity index (χ1n) is 9.93. The Morgan fingerprint density at radius 1 is 1.15 bits per heavy atom. The molecule has 0 spiro atoms. The topological polar surface area (TPSA) is 69.6 Å². The van der Waals surface area contributed by atoms with Crippen LogP contribution in [0.3, 0.4) is 0 Å². The Hall–Kier alpha value is -1.99. The van der Waals surface area contributed by atoms with Gasteiger partial charge in [-0.25, -0.2) is 4.98 Å². The van der Waals surface area contributed by atoms with Crippen LogP contribution in [0.4, 0.5) is 20.5 Å². The molecule has 0 aromatic carbocycles. The number of fused-ring (bicyclic) bond motifs is 3. The molecule has 2 aliphatic carbocycles. The normalized spacial score (nSPS) is 31.0. The first kappa shape index (κ1) is 17.1. The predicted molar refractivity (Wildman–Crippen MR) is 95.2 cm³/mol. The minimum atomic E-state index is -2.88. The van der Waals surface area contributed by atoms with Crippen LogP contribution < -0.4 is 9.80 Å². The second kappa shape index (κ2) is 6.01. The van der Waals surface area contributed by atoms with E-state index in [9.17, 15) is 13.6 Å². The van der Waals surface area contributed by atoms with Gasteiger partial charge in [0.2, 0.25) is 5.95 Å². The van der Waals surface area contributed by atoms with Gasteiger partial charge >= 0.3 is 5.97 Å². The van der Waals surface area contributed by atoms with E-state index in [1.807, 2.05) is 4.90 Å². The summed E-state index contributed by atoms with van der Waals surface area (Å²) >= 11 is 0. The van der Waals surface area contributed by atoms with Crippen molar-refractivity contribution in [3.63, 3.8) is 0 Å². The molecule has 3 atom stereocenters. The number of halogens is 2. The minimum absolute atomic E-state index is 0.0873. The lowest BCUT2D eigenvalue weighted by molar-refractivity contribution is -0.141. The fraction of sp³-hybridized carbons (Fsp3) is 0.737. The van der Waals surface area contributed by atoms with Crippen LogP contribution in [0.25, 0.3) is 0 Å². The minimum Gasteiger partial charge on any atom is -0.481 e. The Kier molecular flexibility index (Phi) is 3.81. The highest BCUT2D eigenvalue weighted by molar-refractivity contribution is 5.67. The lowest BCUT2D eigenvalue weighted by atomic mass is 9.60. The maximum Gasteiger partial charge on any atom is 0.303 e. The Morgan fingerprint density at radius 3 is 2.52 bits per heavy atom. The van der Waals surface area contributed by atoms with E-state index in [2.05, 4.69) is 9.88 Å². The van der Waals surface area contributed by atoms with Gasteiger partial charge in [0, 0.05) is 44.6 Å². The lowest BCUT2D eigenvalue weighted by Crippen LogP contribution is -2.56. The van der Waals surface area contributed by atoms with Crippen molar-refractivity contribution in [2.45, 2.75) is 44.4 Å². The molecule has 27 heavy (non-hydrogen) atoms. The standard InChI is InChI=1S/C19H24F2N4O2/c20-19(21)4-3-13-16(19)22-18(24-5-1-2-6-24)23-17(13)25-9-11-7-12(10-25)14(11)8-15(26)27/h11-12,14H,1-10H2,(H,26,27)/t11-,12+,14-. The number of rotatable bonds is 4. The maximum absolute atomic E-state index is 14.4. The number of hydrogen-bond acceptors (Lipinski definition) is 5. The van der Waals surface area contributed by atoms with Crippen LogP contribution in [0.15, 0.2) is 0 Å². The SMILES string of the molecule is O=C(O)C[C@@H]1[C@@H]2C[C@H]1CN(c1nc(N3CCCC3)nc3c1CCC3(F)F)C2. The second-order valence-electron chi connectivity index (χ2n) is 8.50. The van der Waals surface area contributed by atoms with Gasteiger partial charge in [-0.2, -0.15) is 13.8 Å². The molecule has 3 saturated heterocycles. The summed E-state index contributed by atoms with van der Waals surface area (Å²) in [5.41, 5.74) is 0.509. The Balaban J connectivity index is 1.47. The molecule has 2 bridgehead atoms. The smallest absolute Gasteiger partial charge is 0.303 e. The van der Waals surface area contributed by atoms with Gasteiger partial charge in [-0.1, -0.05) is 0 Å².